The molecule has 1 saturated heterocycles. The molecular formula is C21H23N3O2. The van der Waals surface area contributed by atoms with Gasteiger partial charge in [0.05, 0.1) is 0 Å². The van der Waals surface area contributed by atoms with Crippen molar-refractivity contribution in [3.63, 3.8) is 0 Å². The number of aryl methyl sites for hydroxylation is 1. The fraction of sp³-hybridized carbons (Fsp3) is 0.333. The Hall–Kier alpha value is -2.66. The van der Waals surface area contributed by atoms with Gasteiger partial charge >= 0.3 is 0 Å². The van der Waals surface area contributed by atoms with Crippen LogP contribution in [0.4, 0.5) is 0 Å². The van der Waals surface area contributed by atoms with Crippen LogP contribution in [0.2, 0.25) is 0 Å². The summed E-state index contributed by atoms with van der Waals surface area (Å²) in [5, 5.41) is 1.67. The highest BCUT2D eigenvalue weighted by molar-refractivity contribution is 5.85. The number of hydrogen-bond acceptors (Lipinski definition) is 4. The molecule has 0 unspecified atom stereocenters. The van der Waals surface area contributed by atoms with Gasteiger partial charge in [0.1, 0.15) is 11.9 Å². The lowest BCUT2D eigenvalue weighted by Gasteiger charge is -2.32. The number of fused-ring (bicyclic) bond motifs is 1. The number of aromatic amines is 1. The minimum absolute atomic E-state index is 0.0541. The molecule has 134 valence electrons. The van der Waals surface area contributed by atoms with Crippen LogP contribution in [0.1, 0.15) is 24.0 Å². The van der Waals surface area contributed by atoms with Gasteiger partial charge in [-0.1, -0.05) is 0 Å². The maximum absolute atomic E-state index is 11.9. The second-order valence-electron chi connectivity index (χ2n) is 6.96. The van der Waals surface area contributed by atoms with E-state index in [0.29, 0.717) is 5.39 Å². The van der Waals surface area contributed by atoms with Crippen LogP contribution in [0.3, 0.4) is 0 Å². The fourth-order valence-electron chi connectivity index (χ4n) is 3.57. The number of benzene rings is 1. The molecule has 0 amide bonds. The Morgan fingerprint density at radius 3 is 2.69 bits per heavy atom. The Morgan fingerprint density at radius 2 is 1.92 bits per heavy atom. The topological polar surface area (TPSA) is 58.2 Å². The van der Waals surface area contributed by atoms with Crippen LogP contribution in [0, 0.1) is 6.92 Å². The first kappa shape index (κ1) is 16.8. The number of piperidine rings is 1. The predicted octanol–water partition coefficient (Wildman–Crippen LogP) is 3.27. The highest BCUT2D eigenvalue weighted by atomic mass is 16.5. The number of H-pyrrole nitrogens is 1. The van der Waals surface area contributed by atoms with Crippen LogP contribution >= 0.6 is 0 Å². The van der Waals surface area contributed by atoms with Crippen molar-refractivity contribution in [1.29, 1.82) is 0 Å². The maximum atomic E-state index is 11.9. The Labute approximate surface area is 152 Å². The molecule has 0 spiro atoms. The normalized spacial score (nSPS) is 16.0. The van der Waals surface area contributed by atoms with E-state index in [1.165, 1.54) is 5.56 Å². The lowest BCUT2D eigenvalue weighted by Crippen LogP contribution is -2.37. The minimum atomic E-state index is -0.0541. The van der Waals surface area contributed by atoms with Crippen LogP contribution in [0.15, 0.2) is 53.7 Å². The van der Waals surface area contributed by atoms with E-state index in [1.54, 1.807) is 6.20 Å². The molecule has 26 heavy (non-hydrogen) atoms. The van der Waals surface area contributed by atoms with E-state index in [9.17, 15) is 4.79 Å². The van der Waals surface area contributed by atoms with E-state index in [4.69, 9.17) is 4.74 Å². The summed E-state index contributed by atoms with van der Waals surface area (Å²) in [6.07, 6.45) is 7.69. The maximum Gasteiger partial charge on any atom is 0.255 e. The lowest BCUT2D eigenvalue weighted by atomic mass is 10.1. The molecule has 3 aromatic rings. The standard InChI is InChI=1S/C21H23N3O2/c1-15-13-23-21(25)19-3-2-18(12-20(15)19)26-17-6-10-24(11-7-17)14-16-4-8-22-9-5-16/h2-5,8-9,12-13,17H,6-7,10-11,14H2,1H3,(H,23,25). The molecule has 1 aromatic carbocycles. The van der Waals surface area contributed by atoms with Crippen molar-refractivity contribution in [3.05, 3.63) is 70.4 Å². The van der Waals surface area contributed by atoms with Crippen LogP contribution in [-0.2, 0) is 6.54 Å². The van der Waals surface area contributed by atoms with Gasteiger partial charge in [-0.3, -0.25) is 14.7 Å². The fourth-order valence-corrected chi connectivity index (χ4v) is 3.57. The molecular weight excluding hydrogens is 326 g/mol. The first-order valence-electron chi connectivity index (χ1n) is 9.09. The first-order chi connectivity index (χ1) is 12.7. The van der Waals surface area contributed by atoms with Crippen molar-refractivity contribution in [2.75, 3.05) is 13.1 Å². The van der Waals surface area contributed by atoms with Gasteiger partial charge in [0.15, 0.2) is 0 Å². The average Bonchev–Trinajstić information content (AvgIpc) is 2.67. The van der Waals surface area contributed by atoms with Gasteiger partial charge in [0, 0.05) is 43.6 Å². The van der Waals surface area contributed by atoms with E-state index in [1.807, 2.05) is 37.5 Å². The zero-order valence-electron chi connectivity index (χ0n) is 14.9. The van der Waals surface area contributed by atoms with Gasteiger partial charge in [0.25, 0.3) is 5.56 Å². The van der Waals surface area contributed by atoms with Gasteiger partial charge in [-0.25, -0.2) is 0 Å². The molecule has 2 aromatic heterocycles. The van der Waals surface area contributed by atoms with E-state index in [0.717, 1.165) is 49.2 Å². The quantitative estimate of drug-likeness (QED) is 0.785. The summed E-state index contributed by atoms with van der Waals surface area (Å²) in [5.41, 5.74) is 2.30. The van der Waals surface area contributed by atoms with Crippen molar-refractivity contribution in [2.45, 2.75) is 32.4 Å². The molecule has 5 heteroatoms. The molecule has 0 aliphatic carbocycles. The second-order valence-corrected chi connectivity index (χ2v) is 6.96. The van der Waals surface area contributed by atoms with E-state index in [-0.39, 0.29) is 11.7 Å². The number of nitrogens with one attached hydrogen (secondary N) is 1. The largest absolute Gasteiger partial charge is 0.490 e. The van der Waals surface area contributed by atoms with E-state index >= 15 is 0 Å². The highest BCUT2D eigenvalue weighted by Crippen LogP contribution is 2.24. The highest BCUT2D eigenvalue weighted by Gasteiger charge is 2.20. The number of likely N-dealkylation sites (tertiary alicyclic amines) is 1. The summed E-state index contributed by atoms with van der Waals surface area (Å²) in [4.78, 5) is 21.2. The Bertz CT molecular complexity index is 944. The number of pyridine rings is 2. The van der Waals surface area contributed by atoms with Crippen LogP contribution in [0.25, 0.3) is 10.8 Å². The Kier molecular flexibility index (Phi) is 4.71. The molecule has 0 atom stereocenters. The number of aromatic nitrogens is 2. The van der Waals surface area contributed by atoms with Crippen LogP contribution in [-0.4, -0.2) is 34.1 Å². The van der Waals surface area contributed by atoms with Gasteiger partial charge < -0.3 is 9.72 Å². The molecule has 0 saturated carbocycles. The van der Waals surface area contributed by atoms with Crippen molar-refractivity contribution in [1.82, 2.24) is 14.9 Å². The van der Waals surface area contributed by atoms with Crippen LogP contribution in [0.5, 0.6) is 5.75 Å². The first-order valence-corrected chi connectivity index (χ1v) is 9.09. The second kappa shape index (κ2) is 7.30. The molecule has 1 aliphatic heterocycles. The third-order valence-electron chi connectivity index (χ3n) is 5.07. The Balaban J connectivity index is 1.39. The number of hydrogen-bond donors (Lipinski definition) is 1. The third-order valence-corrected chi connectivity index (χ3v) is 5.07. The Morgan fingerprint density at radius 1 is 1.15 bits per heavy atom. The van der Waals surface area contributed by atoms with Crippen molar-refractivity contribution < 1.29 is 4.74 Å². The zero-order chi connectivity index (χ0) is 17.9. The van der Waals surface area contributed by atoms with Crippen LogP contribution < -0.4 is 10.3 Å². The minimum Gasteiger partial charge on any atom is -0.490 e. The smallest absolute Gasteiger partial charge is 0.255 e. The van der Waals surface area contributed by atoms with Gasteiger partial charge in [-0.2, -0.15) is 0 Å². The van der Waals surface area contributed by atoms with E-state index in [2.05, 4.69) is 27.0 Å². The number of rotatable bonds is 4. The predicted molar refractivity (Wildman–Crippen MR) is 102 cm³/mol. The molecule has 1 fully saturated rings. The molecule has 1 N–H and O–H groups in total. The summed E-state index contributed by atoms with van der Waals surface area (Å²) in [5.74, 6) is 0.846. The lowest BCUT2D eigenvalue weighted by molar-refractivity contribution is 0.0969. The monoisotopic (exact) mass is 349 g/mol. The summed E-state index contributed by atoms with van der Waals surface area (Å²) in [7, 11) is 0. The summed E-state index contributed by atoms with van der Waals surface area (Å²) in [6.45, 7) is 5.02. The molecule has 3 heterocycles. The molecule has 5 nitrogen and oxygen atoms in total. The molecule has 0 radical (unpaired) electrons. The van der Waals surface area contributed by atoms with Gasteiger partial charge in [-0.05, 0) is 66.6 Å². The number of nitrogens with zero attached hydrogens (tertiary/aromatic N) is 2. The molecule has 1 aliphatic rings. The van der Waals surface area contributed by atoms with Gasteiger partial charge in [0.2, 0.25) is 0 Å². The SMILES string of the molecule is Cc1c[nH]c(=O)c2ccc(OC3CCN(Cc4ccncc4)CC3)cc12. The van der Waals surface area contributed by atoms with Crippen molar-refractivity contribution >= 4 is 10.8 Å². The summed E-state index contributed by atoms with van der Waals surface area (Å²) >= 11 is 0. The van der Waals surface area contributed by atoms with Crippen molar-refractivity contribution in [3.8, 4) is 5.75 Å². The third kappa shape index (κ3) is 3.63. The van der Waals surface area contributed by atoms with Crippen molar-refractivity contribution in [2.24, 2.45) is 0 Å². The van der Waals surface area contributed by atoms with E-state index < -0.39 is 0 Å². The average molecular weight is 349 g/mol. The number of ether oxygens (including phenoxy) is 1. The summed E-state index contributed by atoms with van der Waals surface area (Å²) < 4.78 is 6.21. The zero-order valence-corrected chi connectivity index (χ0v) is 14.9. The van der Waals surface area contributed by atoms with Gasteiger partial charge in [-0.15, -0.1) is 0 Å². The summed E-state index contributed by atoms with van der Waals surface area (Å²) in [6, 6.07) is 9.89. The molecule has 4 rings (SSSR count). The molecule has 0 bridgehead atoms.